The number of aromatic nitrogens is 1. The molecule has 6 heteroatoms. The number of carbonyl (C=O) groups is 1. The average molecular weight is 384 g/mol. The van der Waals surface area contributed by atoms with Crippen LogP contribution in [-0.2, 0) is 11.2 Å². The molecular weight excluding hydrogens is 362 g/mol. The van der Waals surface area contributed by atoms with Crippen LogP contribution in [0, 0.1) is 11.6 Å². The van der Waals surface area contributed by atoms with Crippen LogP contribution in [-0.4, -0.2) is 16.0 Å². The average Bonchev–Trinajstić information content (AvgIpc) is 3.02. The fourth-order valence-corrected chi connectivity index (χ4v) is 3.25. The van der Waals surface area contributed by atoms with E-state index in [0.29, 0.717) is 23.9 Å². The van der Waals surface area contributed by atoms with Gasteiger partial charge >= 0.3 is 0 Å². The van der Waals surface area contributed by atoms with Crippen LogP contribution in [0.5, 0.6) is 0 Å². The summed E-state index contributed by atoms with van der Waals surface area (Å²) in [5, 5.41) is 13.0. The minimum Gasteiger partial charge on any atom is -0.511 e. The van der Waals surface area contributed by atoms with E-state index in [2.05, 4.69) is 10.3 Å². The number of aromatic amines is 1. The molecule has 0 spiro atoms. The summed E-state index contributed by atoms with van der Waals surface area (Å²) in [6, 6.07) is 10.5. The molecule has 0 aliphatic heterocycles. The Bertz CT molecular complexity index is 1030. The van der Waals surface area contributed by atoms with Gasteiger partial charge in [-0.3, -0.25) is 4.79 Å². The Morgan fingerprint density at radius 2 is 1.79 bits per heavy atom. The third-order valence-corrected chi connectivity index (χ3v) is 4.68. The lowest BCUT2D eigenvalue weighted by atomic mass is 10.0. The van der Waals surface area contributed by atoms with Crippen LogP contribution in [0.2, 0.25) is 0 Å². The molecule has 0 aliphatic carbocycles. The van der Waals surface area contributed by atoms with Gasteiger partial charge in [0.15, 0.2) is 0 Å². The maximum Gasteiger partial charge on any atom is 0.224 e. The highest BCUT2D eigenvalue weighted by molar-refractivity contribution is 5.91. The lowest BCUT2D eigenvalue weighted by Gasteiger charge is -2.10. The molecule has 0 radical (unpaired) electrons. The molecule has 0 fully saturated rings. The van der Waals surface area contributed by atoms with Crippen LogP contribution in [0.15, 0.2) is 53.9 Å². The summed E-state index contributed by atoms with van der Waals surface area (Å²) in [5.41, 5.74) is 3.51. The molecule has 3 N–H and O–H groups in total. The standard InChI is InChI=1S/C22H22F2N2O2/c1-3-19(13(2)27)25-21(28)11-9-17-18-12-16(24)8-10-20(18)26-22(17)14-4-6-15(23)7-5-14/h4-8,10,12,26-27H,3,9,11H2,1-2H3,(H,25,28)/b19-13+. The normalized spacial score (nSPS) is 12.1. The molecule has 0 saturated carbocycles. The number of aryl methyl sites for hydroxylation is 1. The van der Waals surface area contributed by atoms with Crippen LogP contribution in [0.1, 0.15) is 32.3 Å². The first-order valence-corrected chi connectivity index (χ1v) is 9.13. The van der Waals surface area contributed by atoms with Crippen molar-refractivity contribution in [1.29, 1.82) is 0 Å². The molecule has 0 saturated heterocycles. The molecule has 0 unspecified atom stereocenters. The Labute approximate surface area is 161 Å². The van der Waals surface area contributed by atoms with Gasteiger partial charge in [0.25, 0.3) is 0 Å². The zero-order valence-corrected chi connectivity index (χ0v) is 15.8. The maximum atomic E-state index is 13.8. The zero-order valence-electron chi connectivity index (χ0n) is 15.8. The summed E-state index contributed by atoms with van der Waals surface area (Å²) in [6.45, 7) is 3.36. The molecule has 146 valence electrons. The Morgan fingerprint density at radius 3 is 2.43 bits per heavy atom. The number of halogens is 2. The summed E-state index contributed by atoms with van der Waals surface area (Å²) in [4.78, 5) is 15.6. The second-order valence-electron chi connectivity index (χ2n) is 6.64. The summed E-state index contributed by atoms with van der Waals surface area (Å²) in [7, 11) is 0. The lowest BCUT2D eigenvalue weighted by molar-refractivity contribution is -0.120. The number of H-pyrrole nitrogens is 1. The van der Waals surface area contributed by atoms with Crippen molar-refractivity contribution in [3.8, 4) is 11.3 Å². The van der Waals surface area contributed by atoms with Crippen molar-refractivity contribution in [3.05, 3.63) is 71.1 Å². The minimum absolute atomic E-state index is 0.0806. The van der Waals surface area contributed by atoms with Crippen molar-refractivity contribution in [1.82, 2.24) is 10.3 Å². The van der Waals surface area contributed by atoms with Crippen LogP contribution in [0.25, 0.3) is 22.2 Å². The fraction of sp³-hybridized carbons (Fsp3) is 0.227. The zero-order chi connectivity index (χ0) is 20.3. The van der Waals surface area contributed by atoms with Crippen LogP contribution in [0.4, 0.5) is 8.78 Å². The first kappa shape index (κ1) is 19.6. The molecule has 1 heterocycles. The molecule has 0 bridgehead atoms. The van der Waals surface area contributed by atoms with E-state index in [4.69, 9.17) is 0 Å². The number of aliphatic hydroxyl groups is 1. The number of amides is 1. The van der Waals surface area contributed by atoms with E-state index in [1.54, 1.807) is 18.2 Å². The molecule has 4 nitrogen and oxygen atoms in total. The van der Waals surface area contributed by atoms with Crippen LogP contribution >= 0.6 is 0 Å². The van der Waals surface area contributed by atoms with Crippen molar-refractivity contribution >= 4 is 16.8 Å². The van der Waals surface area contributed by atoms with Crippen molar-refractivity contribution < 1.29 is 18.7 Å². The molecule has 1 aromatic heterocycles. The van der Waals surface area contributed by atoms with E-state index in [-0.39, 0.29) is 29.7 Å². The smallest absolute Gasteiger partial charge is 0.224 e. The van der Waals surface area contributed by atoms with E-state index < -0.39 is 0 Å². The molecule has 0 atom stereocenters. The minimum atomic E-state index is -0.366. The first-order chi connectivity index (χ1) is 13.4. The third kappa shape index (κ3) is 4.22. The van der Waals surface area contributed by atoms with Crippen molar-refractivity contribution in [3.63, 3.8) is 0 Å². The predicted molar refractivity (Wildman–Crippen MR) is 106 cm³/mol. The number of allylic oxidation sites excluding steroid dienone is 2. The number of benzene rings is 2. The van der Waals surface area contributed by atoms with Gasteiger partial charge in [-0.2, -0.15) is 0 Å². The van der Waals surface area contributed by atoms with E-state index in [1.807, 2.05) is 6.92 Å². The van der Waals surface area contributed by atoms with Crippen molar-refractivity contribution in [2.24, 2.45) is 0 Å². The van der Waals surface area contributed by atoms with Gasteiger partial charge < -0.3 is 15.4 Å². The van der Waals surface area contributed by atoms with Crippen molar-refractivity contribution in [2.75, 3.05) is 0 Å². The van der Waals surface area contributed by atoms with Gasteiger partial charge in [-0.15, -0.1) is 0 Å². The highest BCUT2D eigenvalue weighted by Crippen LogP contribution is 2.32. The quantitative estimate of drug-likeness (QED) is 0.501. The second-order valence-corrected chi connectivity index (χ2v) is 6.64. The van der Waals surface area contributed by atoms with Gasteiger partial charge in [0.2, 0.25) is 5.91 Å². The number of hydrogen-bond donors (Lipinski definition) is 3. The molecule has 3 aromatic rings. The number of carbonyl (C=O) groups excluding carboxylic acids is 1. The number of hydrogen-bond acceptors (Lipinski definition) is 2. The summed E-state index contributed by atoms with van der Waals surface area (Å²) in [6.07, 6.45) is 1.03. The molecule has 3 rings (SSSR count). The lowest BCUT2D eigenvalue weighted by Crippen LogP contribution is -2.23. The third-order valence-electron chi connectivity index (χ3n) is 4.68. The number of nitrogens with one attached hydrogen (secondary N) is 2. The number of rotatable bonds is 6. The fourth-order valence-electron chi connectivity index (χ4n) is 3.25. The summed E-state index contributed by atoms with van der Waals surface area (Å²) < 4.78 is 27.1. The topological polar surface area (TPSA) is 65.1 Å². The predicted octanol–water partition coefficient (Wildman–Crippen LogP) is 5.36. The number of fused-ring (bicyclic) bond motifs is 1. The van der Waals surface area contributed by atoms with Gasteiger partial charge in [0.05, 0.1) is 5.70 Å². The highest BCUT2D eigenvalue weighted by Gasteiger charge is 2.16. The van der Waals surface area contributed by atoms with Gasteiger partial charge in [-0.25, -0.2) is 8.78 Å². The molecular formula is C22H22F2N2O2. The van der Waals surface area contributed by atoms with E-state index >= 15 is 0 Å². The Morgan fingerprint density at radius 1 is 1.11 bits per heavy atom. The maximum absolute atomic E-state index is 13.8. The Balaban J connectivity index is 1.93. The SMILES string of the molecule is CC/C(NC(=O)CCc1c(-c2ccc(F)cc2)[nH]c2ccc(F)cc12)=C(/C)O. The first-order valence-electron chi connectivity index (χ1n) is 9.13. The van der Waals surface area contributed by atoms with Gasteiger partial charge in [0.1, 0.15) is 17.4 Å². The van der Waals surface area contributed by atoms with Crippen molar-refractivity contribution in [2.45, 2.75) is 33.1 Å². The highest BCUT2D eigenvalue weighted by atomic mass is 19.1. The molecule has 2 aromatic carbocycles. The Kier molecular flexibility index (Phi) is 5.78. The van der Waals surface area contributed by atoms with Gasteiger partial charge in [0, 0.05) is 23.0 Å². The van der Waals surface area contributed by atoms with E-state index in [1.165, 1.54) is 31.2 Å². The van der Waals surface area contributed by atoms with E-state index in [9.17, 15) is 18.7 Å². The Hall–Kier alpha value is -3.15. The molecule has 1 amide bonds. The molecule has 0 aliphatic rings. The van der Waals surface area contributed by atoms with Crippen LogP contribution < -0.4 is 5.32 Å². The second kappa shape index (κ2) is 8.25. The summed E-state index contributed by atoms with van der Waals surface area (Å²) >= 11 is 0. The van der Waals surface area contributed by atoms with E-state index in [0.717, 1.165) is 22.3 Å². The summed E-state index contributed by atoms with van der Waals surface area (Å²) in [5.74, 6) is -0.863. The number of aliphatic hydroxyl groups excluding tert-OH is 1. The van der Waals surface area contributed by atoms with Gasteiger partial charge in [-0.05, 0) is 73.4 Å². The van der Waals surface area contributed by atoms with Crippen LogP contribution in [0.3, 0.4) is 0 Å². The molecule has 28 heavy (non-hydrogen) atoms. The van der Waals surface area contributed by atoms with Gasteiger partial charge in [-0.1, -0.05) is 6.92 Å². The monoisotopic (exact) mass is 384 g/mol. The largest absolute Gasteiger partial charge is 0.511 e.